The van der Waals surface area contributed by atoms with E-state index >= 15 is 0 Å². The summed E-state index contributed by atoms with van der Waals surface area (Å²) >= 11 is 0. The third-order valence-corrected chi connectivity index (χ3v) is 2.57. The van der Waals surface area contributed by atoms with Gasteiger partial charge >= 0.3 is 18.4 Å². The summed E-state index contributed by atoms with van der Waals surface area (Å²) in [5.74, 6) is 0. The molecule has 1 amide bonds. The van der Waals surface area contributed by atoms with E-state index < -0.39 is 41.3 Å². The Hall–Kier alpha value is -1.93. The maximum absolute atomic E-state index is 12.7. The summed E-state index contributed by atoms with van der Waals surface area (Å²) in [7, 11) is 0. The number of amides is 1. The lowest BCUT2D eigenvalue weighted by molar-refractivity contribution is -0.143. The normalized spacial score (nSPS) is 12.6. The number of carbonyl (C=O) groups is 1. The Morgan fingerprint density at radius 2 is 1.38 bits per heavy atom. The fraction of sp³-hybridized carbons (Fsp3) is 0.417. The van der Waals surface area contributed by atoms with Crippen LogP contribution in [0.15, 0.2) is 18.2 Å². The highest BCUT2D eigenvalue weighted by Crippen LogP contribution is 2.38. The molecule has 1 aromatic rings. The van der Waals surface area contributed by atoms with Gasteiger partial charge in [0.05, 0.1) is 11.1 Å². The molecule has 0 aliphatic heterocycles. The van der Waals surface area contributed by atoms with E-state index in [1.807, 2.05) is 0 Å². The lowest BCUT2D eigenvalue weighted by Crippen LogP contribution is -2.36. The number of rotatable bonds is 2. The molecular weight excluding hydrogens is 304 g/mol. The van der Waals surface area contributed by atoms with Crippen LogP contribution in [-0.4, -0.2) is 17.2 Å². The summed E-state index contributed by atoms with van der Waals surface area (Å²) in [5.41, 5.74) is -3.79. The van der Waals surface area contributed by atoms with Crippen molar-refractivity contribution in [1.82, 2.24) is 0 Å². The van der Waals surface area contributed by atoms with E-state index in [-0.39, 0.29) is 6.07 Å². The van der Waals surface area contributed by atoms with Crippen LogP contribution < -0.4 is 4.90 Å². The molecule has 3 nitrogen and oxygen atoms in total. The Balaban J connectivity index is 3.55. The lowest BCUT2D eigenvalue weighted by atomic mass is 10.1. The first-order valence-electron chi connectivity index (χ1n) is 5.65. The van der Waals surface area contributed by atoms with E-state index in [4.69, 9.17) is 5.11 Å². The van der Waals surface area contributed by atoms with Gasteiger partial charge in [-0.25, -0.2) is 4.79 Å². The van der Waals surface area contributed by atoms with Crippen LogP contribution in [0.1, 0.15) is 25.0 Å². The average Bonchev–Trinajstić information content (AvgIpc) is 2.25. The van der Waals surface area contributed by atoms with E-state index in [1.165, 1.54) is 13.8 Å². The van der Waals surface area contributed by atoms with Crippen LogP contribution in [0.25, 0.3) is 0 Å². The van der Waals surface area contributed by atoms with Crippen molar-refractivity contribution in [2.75, 3.05) is 4.90 Å². The van der Waals surface area contributed by atoms with Gasteiger partial charge in [0.2, 0.25) is 0 Å². The second-order valence-corrected chi connectivity index (χ2v) is 4.51. The van der Waals surface area contributed by atoms with Crippen molar-refractivity contribution >= 4 is 11.8 Å². The SMILES string of the molecule is CC(C)N(C(=O)O)c1cc(C(F)(F)F)cc(C(F)(F)F)c1. The Kier molecular flexibility index (Phi) is 4.45. The quantitative estimate of drug-likeness (QED) is 0.809. The Morgan fingerprint density at radius 3 is 1.62 bits per heavy atom. The molecule has 0 bridgehead atoms. The van der Waals surface area contributed by atoms with Gasteiger partial charge < -0.3 is 5.11 Å². The summed E-state index contributed by atoms with van der Waals surface area (Å²) < 4.78 is 76.0. The molecule has 0 aliphatic rings. The molecular formula is C12H11F6NO2. The molecule has 0 radical (unpaired) electrons. The molecule has 0 saturated heterocycles. The van der Waals surface area contributed by atoms with Crippen LogP contribution in [0, 0.1) is 0 Å². The summed E-state index contributed by atoms with van der Waals surface area (Å²) in [5, 5.41) is 8.95. The molecule has 0 atom stereocenters. The van der Waals surface area contributed by atoms with Crippen molar-refractivity contribution < 1.29 is 36.2 Å². The minimum absolute atomic E-state index is 0.0517. The van der Waals surface area contributed by atoms with Gasteiger partial charge in [-0.2, -0.15) is 26.3 Å². The topological polar surface area (TPSA) is 40.5 Å². The van der Waals surface area contributed by atoms with Crippen molar-refractivity contribution in [1.29, 1.82) is 0 Å². The fourth-order valence-electron chi connectivity index (χ4n) is 1.71. The zero-order valence-electron chi connectivity index (χ0n) is 10.9. The standard InChI is InChI=1S/C12H11F6NO2/c1-6(2)19(10(20)21)9-4-7(11(13,14)15)3-8(5-9)12(16,17)18/h3-6H,1-2H3,(H,20,21). The highest BCUT2D eigenvalue weighted by atomic mass is 19.4. The maximum Gasteiger partial charge on any atom is 0.416 e. The minimum atomic E-state index is -5.02. The minimum Gasteiger partial charge on any atom is -0.465 e. The van der Waals surface area contributed by atoms with Crippen molar-refractivity contribution in [2.24, 2.45) is 0 Å². The second-order valence-electron chi connectivity index (χ2n) is 4.51. The number of alkyl halides is 6. The van der Waals surface area contributed by atoms with Crippen LogP contribution in [-0.2, 0) is 12.4 Å². The lowest BCUT2D eigenvalue weighted by Gasteiger charge is -2.25. The Labute approximate surface area is 115 Å². The van der Waals surface area contributed by atoms with E-state index in [9.17, 15) is 31.1 Å². The van der Waals surface area contributed by atoms with Gasteiger partial charge in [0.15, 0.2) is 0 Å². The first-order valence-corrected chi connectivity index (χ1v) is 5.65. The maximum atomic E-state index is 12.7. The monoisotopic (exact) mass is 315 g/mol. The number of carboxylic acid groups (broad SMARTS) is 1. The van der Waals surface area contributed by atoms with Gasteiger partial charge in [-0.15, -0.1) is 0 Å². The van der Waals surface area contributed by atoms with Crippen LogP contribution >= 0.6 is 0 Å². The first kappa shape index (κ1) is 17.1. The highest BCUT2D eigenvalue weighted by Gasteiger charge is 2.38. The Bertz CT molecular complexity index is 503. The molecule has 0 unspecified atom stereocenters. The van der Waals surface area contributed by atoms with Gasteiger partial charge in [-0.3, -0.25) is 4.90 Å². The molecule has 0 aromatic heterocycles. The summed E-state index contributed by atoms with van der Waals surface area (Å²) in [6, 6.07) is -0.122. The van der Waals surface area contributed by atoms with Crippen LogP contribution in [0.2, 0.25) is 0 Å². The van der Waals surface area contributed by atoms with Crippen molar-refractivity contribution in [3.8, 4) is 0 Å². The zero-order chi connectivity index (χ0) is 16.6. The Morgan fingerprint density at radius 1 is 1.00 bits per heavy atom. The predicted molar refractivity (Wildman–Crippen MR) is 62.1 cm³/mol. The molecule has 118 valence electrons. The first-order chi connectivity index (χ1) is 9.34. The number of benzene rings is 1. The molecule has 0 fully saturated rings. The van der Waals surface area contributed by atoms with Gasteiger partial charge in [-0.05, 0) is 32.0 Å². The predicted octanol–water partition coefficient (Wildman–Crippen LogP) is 4.62. The molecule has 0 aliphatic carbocycles. The molecule has 0 saturated carbocycles. The number of nitrogens with zero attached hydrogens (tertiary/aromatic N) is 1. The summed E-state index contributed by atoms with van der Waals surface area (Å²) in [4.78, 5) is 11.5. The second kappa shape index (κ2) is 5.45. The van der Waals surface area contributed by atoms with Crippen molar-refractivity contribution in [2.45, 2.75) is 32.2 Å². The number of anilines is 1. The number of halogens is 6. The van der Waals surface area contributed by atoms with Crippen LogP contribution in [0.5, 0.6) is 0 Å². The van der Waals surface area contributed by atoms with E-state index in [0.29, 0.717) is 17.0 Å². The van der Waals surface area contributed by atoms with E-state index in [0.717, 1.165) is 0 Å². The molecule has 1 rings (SSSR count). The summed E-state index contributed by atoms with van der Waals surface area (Å²) in [6.45, 7) is 2.67. The molecule has 1 N–H and O–H groups in total. The van der Waals surface area contributed by atoms with Gasteiger partial charge in [-0.1, -0.05) is 0 Å². The third kappa shape index (κ3) is 4.02. The molecule has 0 heterocycles. The molecule has 1 aromatic carbocycles. The van der Waals surface area contributed by atoms with Crippen molar-refractivity contribution in [3.63, 3.8) is 0 Å². The molecule has 9 heteroatoms. The van der Waals surface area contributed by atoms with Crippen LogP contribution in [0.3, 0.4) is 0 Å². The van der Waals surface area contributed by atoms with E-state index in [1.54, 1.807) is 0 Å². The van der Waals surface area contributed by atoms with Crippen LogP contribution in [0.4, 0.5) is 36.8 Å². The zero-order valence-corrected chi connectivity index (χ0v) is 10.9. The van der Waals surface area contributed by atoms with Gasteiger partial charge in [0.25, 0.3) is 0 Å². The van der Waals surface area contributed by atoms with Crippen molar-refractivity contribution in [3.05, 3.63) is 29.3 Å². The van der Waals surface area contributed by atoms with Gasteiger partial charge in [0.1, 0.15) is 0 Å². The number of hydrogen-bond donors (Lipinski definition) is 1. The number of hydrogen-bond acceptors (Lipinski definition) is 1. The fourth-order valence-corrected chi connectivity index (χ4v) is 1.71. The van der Waals surface area contributed by atoms with Gasteiger partial charge in [0, 0.05) is 11.7 Å². The largest absolute Gasteiger partial charge is 0.465 e. The van der Waals surface area contributed by atoms with E-state index in [2.05, 4.69) is 0 Å². The highest BCUT2D eigenvalue weighted by molar-refractivity contribution is 5.87. The summed E-state index contributed by atoms with van der Waals surface area (Å²) in [6.07, 6.45) is -11.7. The molecule has 0 spiro atoms. The molecule has 21 heavy (non-hydrogen) atoms. The average molecular weight is 315 g/mol. The third-order valence-electron chi connectivity index (χ3n) is 2.57. The smallest absolute Gasteiger partial charge is 0.416 e.